The quantitative estimate of drug-likeness (QED) is 0.724. The van der Waals surface area contributed by atoms with Crippen LogP contribution < -0.4 is 10.6 Å². The van der Waals surface area contributed by atoms with Crippen molar-refractivity contribution in [3.63, 3.8) is 0 Å². The number of thioether (sulfide) groups is 1. The Bertz CT molecular complexity index is 426. The summed E-state index contributed by atoms with van der Waals surface area (Å²) in [6, 6.07) is 7.69. The second kappa shape index (κ2) is 8.87. The summed E-state index contributed by atoms with van der Waals surface area (Å²) < 4.78 is 0. The lowest BCUT2D eigenvalue weighted by Crippen LogP contribution is -2.32. The average Bonchev–Trinajstić information content (AvgIpc) is 2.45. The monoisotopic (exact) mass is 296 g/mol. The molecule has 0 fully saturated rings. The van der Waals surface area contributed by atoms with Crippen LogP contribution in [0.15, 0.2) is 24.3 Å². The molecule has 4 nitrogen and oxygen atoms in total. The van der Waals surface area contributed by atoms with Crippen molar-refractivity contribution < 1.29 is 9.90 Å². The number of hydrogen-bond acceptors (Lipinski definition) is 3. The fourth-order valence-electron chi connectivity index (χ4n) is 1.77. The number of aliphatic hydroxyl groups is 1. The van der Waals surface area contributed by atoms with Crippen LogP contribution in [-0.4, -0.2) is 30.5 Å². The van der Waals surface area contributed by atoms with E-state index in [1.165, 1.54) is 5.56 Å². The molecule has 0 bridgehead atoms. The first-order valence-electron chi connectivity index (χ1n) is 6.85. The van der Waals surface area contributed by atoms with Crippen molar-refractivity contribution in [3.05, 3.63) is 29.8 Å². The Morgan fingerprint density at radius 3 is 2.80 bits per heavy atom. The first-order chi connectivity index (χ1) is 9.56. The van der Waals surface area contributed by atoms with E-state index < -0.39 is 0 Å². The van der Waals surface area contributed by atoms with Crippen LogP contribution in [0.3, 0.4) is 0 Å². The predicted molar refractivity (Wildman–Crippen MR) is 86.3 cm³/mol. The summed E-state index contributed by atoms with van der Waals surface area (Å²) in [7, 11) is 0. The molecule has 2 unspecified atom stereocenters. The molecule has 0 radical (unpaired) electrons. The molecule has 112 valence electrons. The van der Waals surface area contributed by atoms with Gasteiger partial charge in [-0.1, -0.05) is 19.1 Å². The van der Waals surface area contributed by atoms with E-state index >= 15 is 0 Å². The van der Waals surface area contributed by atoms with E-state index in [9.17, 15) is 4.79 Å². The molecule has 5 heteroatoms. The van der Waals surface area contributed by atoms with E-state index in [0.717, 1.165) is 5.69 Å². The summed E-state index contributed by atoms with van der Waals surface area (Å²) in [5.41, 5.74) is 2.00. The summed E-state index contributed by atoms with van der Waals surface area (Å²) in [5.74, 6) is 0.272. The maximum atomic E-state index is 11.8. The van der Waals surface area contributed by atoms with Gasteiger partial charge in [-0.05, 0) is 43.2 Å². The van der Waals surface area contributed by atoms with Gasteiger partial charge in [0, 0.05) is 24.1 Å². The Balaban J connectivity index is 2.49. The number of rotatable bonds is 7. The third-order valence-corrected chi connectivity index (χ3v) is 4.18. The van der Waals surface area contributed by atoms with Gasteiger partial charge in [0.05, 0.1) is 0 Å². The van der Waals surface area contributed by atoms with E-state index in [1.807, 2.05) is 25.1 Å². The highest BCUT2D eigenvalue weighted by atomic mass is 32.2. The maximum absolute atomic E-state index is 11.8. The van der Waals surface area contributed by atoms with E-state index in [4.69, 9.17) is 5.11 Å². The fraction of sp³-hybridized carbons (Fsp3) is 0.533. The molecule has 3 N–H and O–H groups in total. The van der Waals surface area contributed by atoms with Crippen LogP contribution in [0.4, 0.5) is 10.5 Å². The molecule has 0 spiro atoms. The normalized spacial score (nSPS) is 13.6. The van der Waals surface area contributed by atoms with Gasteiger partial charge in [-0.25, -0.2) is 4.79 Å². The first-order valence-corrected chi connectivity index (χ1v) is 8.14. The zero-order chi connectivity index (χ0) is 15.0. The van der Waals surface area contributed by atoms with Crippen LogP contribution in [0.25, 0.3) is 0 Å². The standard InChI is InChI=1S/C15H24N2O2S/c1-11(7-8-18)10-16-15(19)17-14-6-4-5-13(9-14)12(2)20-3/h4-6,9,11-12,18H,7-8,10H2,1-3H3,(H2,16,17,19). The molecule has 0 aliphatic rings. The summed E-state index contributed by atoms with van der Waals surface area (Å²) in [5, 5.41) is 14.9. The third-order valence-electron chi connectivity index (χ3n) is 3.20. The Hall–Kier alpha value is -1.20. The molecule has 1 aromatic rings. The largest absolute Gasteiger partial charge is 0.396 e. The van der Waals surface area contributed by atoms with Crippen molar-refractivity contribution in [1.82, 2.24) is 5.32 Å². The lowest BCUT2D eigenvalue weighted by molar-refractivity contribution is 0.243. The summed E-state index contributed by atoms with van der Waals surface area (Å²) in [6.07, 6.45) is 2.76. The van der Waals surface area contributed by atoms with Crippen LogP contribution in [0.2, 0.25) is 0 Å². The highest BCUT2D eigenvalue weighted by molar-refractivity contribution is 7.98. The van der Waals surface area contributed by atoms with Gasteiger partial charge in [0.25, 0.3) is 0 Å². The molecule has 1 aromatic carbocycles. The average molecular weight is 296 g/mol. The van der Waals surface area contributed by atoms with Crippen molar-refractivity contribution in [3.8, 4) is 0 Å². The minimum atomic E-state index is -0.205. The highest BCUT2D eigenvalue weighted by Gasteiger charge is 2.07. The molecule has 2 atom stereocenters. The SMILES string of the molecule is CSC(C)c1cccc(NC(=O)NCC(C)CCO)c1. The number of carbonyl (C=O) groups excluding carboxylic acids is 1. The van der Waals surface area contributed by atoms with Crippen LogP contribution in [0.1, 0.15) is 31.1 Å². The molecule has 2 amide bonds. The van der Waals surface area contributed by atoms with Gasteiger partial charge in [-0.2, -0.15) is 11.8 Å². The lowest BCUT2D eigenvalue weighted by Gasteiger charge is -2.13. The van der Waals surface area contributed by atoms with E-state index in [1.54, 1.807) is 11.8 Å². The number of benzene rings is 1. The maximum Gasteiger partial charge on any atom is 0.319 e. The Kier molecular flexibility index (Phi) is 7.47. The zero-order valence-electron chi connectivity index (χ0n) is 12.3. The van der Waals surface area contributed by atoms with Crippen LogP contribution >= 0.6 is 11.8 Å². The van der Waals surface area contributed by atoms with E-state index in [0.29, 0.717) is 18.2 Å². The molecule has 0 saturated heterocycles. The molecule has 0 aromatic heterocycles. The fourth-order valence-corrected chi connectivity index (χ4v) is 2.19. The third kappa shape index (κ3) is 5.84. The number of anilines is 1. The van der Waals surface area contributed by atoms with Gasteiger partial charge >= 0.3 is 6.03 Å². The van der Waals surface area contributed by atoms with Crippen LogP contribution in [0.5, 0.6) is 0 Å². The lowest BCUT2D eigenvalue weighted by atomic mass is 10.1. The smallest absolute Gasteiger partial charge is 0.319 e. The van der Waals surface area contributed by atoms with Crippen molar-refractivity contribution in [2.45, 2.75) is 25.5 Å². The molecular weight excluding hydrogens is 272 g/mol. The summed E-state index contributed by atoms with van der Waals surface area (Å²) in [4.78, 5) is 11.8. The zero-order valence-corrected chi connectivity index (χ0v) is 13.2. The van der Waals surface area contributed by atoms with Crippen molar-refractivity contribution in [2.24, 2.45) is 5.92 Å². The van der Waals surface area contributed by atoms with Crippen LogP contribution in [0, 0.1) is 5.92 Å². The van der Waals surface area contributed by atoms with Gasteiger partial charge in [0.2, 0.25) is 0 Å². The van der Waals surface area contributed by atoms with Crippen LogP contribution in [-0.2, 0) is 0 Å². The van der Waals surface area contributed by atoms with E-state index in [2.05, 4.69) is 29.9 Å². The molecule has 0 saturated carbocycles. The highest BCUT2D eigenvalue weighted by Crippen LogP contribution is 2.27. The number of carbonyl (C=O) groups is 1. The van der Waals surface area contributed by atoms with Crippen molar-refractivity contribution in [1.29, 1.82) is 0 Å². The van der Waals surface area contributed by atoms with Crippen molar-refractivity contribution >= 4 is 23.5 Å². The van der Waals surface area contributed by atoms with Gasteiger partial charge in [0.1, 0.15) is 0 Å². The Morgan fingerprint density at radius 2 is 2.15 bits per heavy atom. The number of aliphatic hydroxyl groups excluding tert-OH is 1. The van der Waals surface area contributed by atoms with Gasteiger partial charge in [0.15, 0.2) is 0 Å². The number of hydrogen-bond donors (Lipinski definition) is 3. The second-order valence-electron chi connectivity index (χ2n) is 4.96. The van der Waals surface area contributed by atoms with Gasteiger partial charge < -0.3 is 15.7 Å². The number of urea groups is 1. The first kappa shape index (κ1) is 16.9. The molecule has 0 aliphatic carbocycles. The van der Waals surface area contributed by atoms with E-state index in [-0.39, 0.29) is 18.6 Å². The Morgan fingerprint density at radius 1 is 1.40 bits per heavy atom. The minimum Gasteiger partial charge on any atom is -0.396 e. The number of amides is 2. The number of nitrogens with one attached hydrogen (secondary N) is 2. The van der Waals surface area contributed by atoms with Gasteiger partial charge in [-0.15, -0.1) is 0 Å². The molecule has 0 heterocycles. The van der Waals surface area contributed by atoms with Crippen molar-refractivity contribution in [2.75, 3.05) is 24.7 Å². The molecule has 1 rings (SSSR count). The predicted octanol–water partition coefficient (Wildman–Crippen LogP) is 3.25. The second-order valence-corrected chi connectivity index (χ2v) is 6.13. The summed E-state index contributed by atoms with van der Waals surface area (Å²) >= 11 is 1.77. The summed E-state index contributed by atoms with van der Waals surface area (Å²) in [6.45, 7) is 4.85. The minimum absolute atomic E-state index is 0.152. The molecular formula is C15H24N2O2S. The molecule has 0 aliphatic heterocycles. The molecule has 20 heavy (non-hydrogen) atoms. The Labute approximate surface area is 125 Å². The topological polar surface area (TPSA) is 61.4 Å². The van der Waals surface area contributed by atoms with Gasteiger partial charge in [-0.3, -0.25) is 0 Å².